The van der Waals surface area contributed by atoms with Gasteiger partial charge in [-0.1, -0.05) is 5.16 Å². The van der Waals surface area contributed by atoms with Gasteiger partial charge in [-0.15, -0.1) is 11.3 Å². The Morgan fingerprint density at radius 2 is 2.04 bits per heavy atom. The van der Waals surface area contributed by atoms with Gasteiger partial charge in [-0.05, 0) is 49.5 Å². The smallest absolute Gasteiger partial charge is 0.264 e. The Balaban J connectivity index is 1.28. The third kappa shape index (κ3) is 2.84. The van der Waals surface area contributed by atoms with Gasteiger partial charge in [-0.2, -0.15) is 4.98 Å². The van der Waals surface area contributed by atoms with E-state index in [4.69, 9.17) is 4.52 Å². The predicted octanol–water partition coefficient (Wildman–Crippen LogP) is 3.02. The van der Waals surface area contributed by atoms with Gasteiger partial charge in [0.15, 0.2) is 0 Å². The maximum Gasteiger partial charge on any atom is 0.264 e. The van der Waals surface area contributed by atoms with Gasteiger partial charge < -0.3 is 9.42 Å². The number of amides is 1. The maximum absolute atomic E-state index is 12.7. The van der Waals surface area contributed by atoms with E-state index in [-0.39, 0.29) is 17.4 Å². The van der Waals surface area contributed by atoms with Crippen LogP contribution in [0.5, 0.6) is 0 Å². The van der Waals surface area contributed by atoms with Crippen LogP contribution in [0.2, 0.25) is 0 Å². The second kappa shape index (κ2) is 6.49. The number of rotatable bonds is 3. The van der Waals surface area contributed by atoms with Crippen molar-refractivity contribution in [2.24, 2.45) is 5.41 Å². The Hall–Kier alpha value is -2.58. The molecule has 0 radical (unpaired) electrons. The summed E-state index contributed by atoms with van der Waals surface area (Å²) in [6.07, 6.45) is 4.36. The second-order valence-corrected chi connectivity index (χ2v) is 8.84. The summed E-state index contributed by atoms with van der Waals surface area (Å²) in [6, 6.07) is 5.83. The monoisotopic (exact) mass is 395 g/mol. The minimum Gasteiger partial charge on any atom is -0.337 e. The summed E-state index contributed by atoms with van der Waals surface area (Å²) < 4.78 is 5.58. The molecule has 2 fully saturated rings. The molecule has 3 aromatic heterocycles. The topological polar surface area (TPSA) is 75.4 Å². The lowest BCUT2D eigenvalue weighted by atomic mass is 9.77. The first-order chi connectivity index (χ1) is 13.5. The van der Waals surface area contributed by atoms with Crippen molar-refractivity contribution in [1.29, 1.82) is 0 Å². The molecular formula is C20H21N5O2S. The summed E-state index contributed by atoms with van der Waals surface area (Å²) >= 11 is 1.53. The van der Waals surface area contributed by atoms with E-state index in [0.29, 0.717) is 11.7 Å². The van der Waals surface area contributed by atoms with E-state index in [1.807, 2.05) is 35.4 Å². The van der Waals surface area contributed by atoms with Crippen molar-refractivity contribution in [1.82, 2.24) is 24.9 Å². The summed E-state index contributed by atoms with van der Waals surface area (Å²) in [7, 11) is 2.09. The van der Waals surface area contributed by atoms with Crippen LogP contribution in [-0.2, 0) is 0 Å². The largest absolute Gasteiger partial charge is 0.337 e. The standard InChI is InChI=1S/C20H21N5O2S/c1-13-5-8-28-16(13)19(26)25-11-20(12-25)9-15(24(2)10-20)18-22-17(23-27-18)14-3-6-21-7-4-14/h3-8,15H,9-12H2,1-2H3. The molecule has 1 atom stereocenters. The van der Waals surface area contributed by atoms with Crippen molar-refractivity contribution < 1.29 is 9.32 Å². The van der Waals surface area contributed by atoms with Gasteiger partial charge in [0.05, 0.1) is 10.9 Å². The first kappa shape index (κ1) is 17.5. The van der Waals surface area contributed by atoms with Gasteiger partial charge in [0.2, 0.25) is 11.7 Å². The third-order valence-corrected chi connectivity index (χ3v) is 6.81. The number of pyridine rings is 1. The number of aryl methyl sites for hydroxylation is 1. The van der Waals surface area contributed by atoms with Crippen molar-refractivity contribution in [3.63, 3.8) is 0 Å². The highest BCUT2D eigenvalue weighted by Gasteiger charge is 2.53. The quantitative estimate of drug-likeness (QED) is 0.679. The van der Waals surface area contributed by atoms with Crippen LogP contribution >= 0.6 is 11.3 Å². The predicted molar refractivity (Wildman–Crippen MR) is 105 cm³/mol. The van der Waals surface area contributed by atoms with Crippen LogP contribution in [0.15, 0.2) is 40.5 Å². The average molecular weight is 395 g/mol. The molecule has 3 aromatic rings. The lowest BCUT2D eigenvalue weighted by molar-refractivity contribution is 0.0118. The molecule has 2 aliphatic heterocycles. The summed E-state index contributed by atoms with van der Waals surface area (Å²) in [5.41, 5.74) is 2.07. The second-order valence-electron chi connectivity index (χ2n) is 7.92. The van der Waals surface area contributed by atoms with E-state index in [2.05, 4.69) is 27.1 Å². The molecule has 2 saturated heterocycles. The van der Waals surface area contributed by atoms with Crippen LogP contribution in [0.4, 0.5) is 0 Å². The molecular weight excluding hydrogens is 374 g/mol. The third-order valence-electron chi connectivity index (χ3n) is 5.80. The maximum atomic E-state index is 12.7. The SMILES string of the molecule is Cc1ccsc1C(=O)N1CC2(CC(c3nc(-c4ccncc4)no3)N(C)C2)C1. The van der Waals surface area contributed by atoms with Crippen LogP contribution in [-0.4, -0.2) is 57.5 Å². The molecule has 2 aliphatic rings. The van der Waals surface area contributed by atoms with E-state index < -0.39 is 0 Å². The van der Waals surface area contributed by atoms with Crippen LogP contribution in [0.1, 0.15) is 33.6 Å². The van der Waals surface area contributed by atoms with Crippen molar-refractivity contribution in [3.8, 4) is 11.4 Å². The Morgan fingerprint density at radius 3 is 2.75 bits per heavy atom. The fraction of sp³-hybridized carbons (Fsp3) is 0.400. The van der Waals surface area contributed by atoms with Crippen LogP contribution in [0, 0.1) is 12.3 Å². The number of hydrogen-bond acceptors (Lipinski definition) is 7. The number of nitrogens with zero attached hydrogens (tertiary/aromatic N) is 5. The fourth-order valence-electron chi connectivity index (χ4n) is 4.41. The van der Waals surface area contributed by atoms with E-state index in [0.717, 1.165) is 42.1 Å². The van der Waals surface area contributed by atoms with Crippen LogP contribution in [0.25, 0.3) is 11.4 Å². The normalized spacial score (nSPS) is 21.2. The minimum absolute atomic E-state index is 0.0869. The number of hydrogen-bond donors (Lipinski definition) is 0. The van der Waals surface area contributed by atoms with E-state index in [9.17, 15) is 4.79 Å². The molecule has 28 heavy (non-hydrogen) atoms. The van der Waals surface area contributed by atoms with Crippen molar-refractivity contribution in [2.75, 3.05) is 26.7 Å². The molecule has 0 N–H and O–H groups in total. The number of carbonyl (C=O) groups excluding carboxylic acids is 1. The fourth-order valence-corrected chi connectivity index (χ4v) is 5.30. The van der Waals surface area contributed by atoms with Gasteiger partial charge in [-0.3, -0.25) is 14.7 Å². The zero-order valence-electron chi connectivity index (χ0n) is 15.8. The van der Waals surface area contributed by atoms with Crippen LogP contribution < -0.4 is 0 Å². The summed E-state index contributed by atoms with van der Waals surface area (Å²) in [6.45, 7) is 4.50. The van der Waals surface area contributed by atoms with E-state index in [1.54, 1.807) is 12.4 Å². The van der Waals surface area contributed by atoms with Gasteiger partial charge in [-0.25, -0.2) is 0 Å². The van der Waals surface area contributed by atoms with Gasteiger partial charge in [0, 0.05) is 43.0 Å². The Morgan fingerprint density at radius 1 is 1.25 bits per heavy atom. The van der Waals surface area contributed by atoms with Crippen LogP contribution in [0.3, 0.4) is 0 Å². The molecule has 144 valence electrons. The molecule has 5 heterocycles. The Labute approximate surface area is 167 Å². The number of aromatic nitrogens is 3. The zero-order chi connectivity index (χ0) is 19.3. The minimum atomic E-state index is 0.0869. The molecule has 1 spiro atoms. The van der Waals surface area contributed by atoms with Gasteiger partial charge in [0.25, 0.3) is 5.91 Å². The lowest BCUT2D eigenvalue weighted by Crippen LogP contribution is -2.59. The molecule has 1 amide bonds. The molecule has 0 saturated carbocycles. The van der Waals surface area contributed by atoms with Gasteiger partial charge >= 0.3 is 0 Å². The van der Waals surface area contributed by atoms with E-state index in [1.165, 1.54) is 11.3 Å². The lowest BCUT2D eigenvalue weighted by Gasteiger charge is -2.48. The summed E-state index contributed by atoms with van der Waals surface area (Å²) in [5, 5.41) is 6.12. The molecule has 0 aliphatic carbocycles. The molecule has 8 heteroatoms. The zero-order valence-corrected chi connectivity index (χ0v) is 16.6. The number of thiophene rings is 1. The number of carbonyl (C=O) groups is 1. The summed E-state index contributed by atoms with van der Waals surface area (Å²) in [4.78, 5) is 26.4. The molecule has 0 bridgehead atoms. The number of likely N-dealkylation sites (tertiary alicyclic amines) is 2. The highest BCUT2D eigenvalue weighted by atomic mass is 32.1. The molecule has 7 nitrogen and oxygen atoms in total. The van der Waals surface area contributed by atoms with Crippen molar-refractivity contribution in [3.05, 3.63) is 52.3 Å². The molecule has 0 aromatic carbocycles. The first-order valence-corrected chi connectivity index (χ1v) is 10.2. The average Bonchev–Trinajstić information content (AvgIpc) is 3.39. The Bertz CT molecular complexity index is 1010. The Kier molecular flexibility index (Phi) is 4.06. The summed E-state index contributed by atoms with van der Waals surface area (Å²) in [5.74, 6) is 1.39. The van der Waals surface area contributed by atoms with Crippen molar-refractivity contribution in [2.45, 2.75) is 19.4 Å². The highest BCUT2D eigenvalue weighted by molar-refractivity contribution is 7.12. The van der Waals surface area contributed by atoms with Crippen molar-refractivity contribution >= 4 is 17.2 Å². The first-order valence-electron chi connectivity index (χ1n) is 9.32. The van der Waals surface area contributed by atoms with E-state index >= 15 is 0 Å². The molecule has 1 unspecified atom stereocenters. The van der Waals surface area contributed by atoms with Gasteiger partial charge in [0.1, 0.15) is 0 Å². The highest BCUT2D eigenvalue weighted by Crippen LogP contribution is 2.48. The molecule has 5 rings (SSSR count).